The van der Waals surface area contributed by atoms with Crippen LogP contribution in [0, 0.1) is 0 Å². The molecule has 0 saturated carbocycles. The van der Waals surface area contributed by atoms with E-state index in [0.29, 0.717) is 18.7 Å². The molecule has 1 fully saturated rings. The van der Waals surface area contributed by atoms with E-state index in [9.17, 15) is 9.18 Å². The molecule has 0 aliphatic carbocycles. The summed E-state index contributed by atoms with van der Waals surface area (Å²) < 4.78 is 13.9. The topological polar surface area (TPSA) is 43.2 Å². The average Bonchev–Trinajstić information content (AvgIpc) is 2.30. The molecule has 1 heterocycles. The lowest BCUT2D eigenvalue weighted by atomic mass is 10.0. The molecule has 15 heavy (non-hydrogen) atoms. The third-order valence-electron chi connectivity index (χ3n) is 2.42. The molecule has 0 spiro atoms. The minimum Gasteiger partial charge on any atom is -0.301 e. The number of benzene rings is 1. The SMILES string of the molecule is O=C1[N]CCNC1C(F)c1ccccc1. The summed E-state index contributed by atoms with van der Waals surface area (Å²) in [5.74, 6) is -0.391. The Balaban J connectivity index is 2.13. The zero-order valence-electron chi connectivity index (χ0n) is 8.19. The maximum absolute atomic E-state index is 13.9. The van der Waals surface area contributed by atoms with Crippen LogP contribution in [0.1, 0.15) is 11.7 Å². The third-order valence-corrected chi connectivity index (χ3v) is 2.42. The first-order chi connectivity index (χ1) is 7.29. The third kappa shape index (κ3) is 2.15. The number of nitrogens with zero attached hydrogens (tertiary/aromatic N) is 1. The molecule has 1 aliphatic heterocycles. The van der Waals surface area contributed by atoms with Crippen molar-refractivity contribution in [2.24, 2.45) is 0 Å². The molecule has 3 nitrogen and oxygen atoms in total. The normalized spacial score (nSPS) is 23.3. The molecule has 1 amide bonds. The highest BCUT2D eigenvalue weighted by Gasteiger charge is 2.32. The molecule has 1 radical (unpaired) electrons. The number of alkyl halides is 1. The first-order valence-corrected chi connectivity index (χ1v) is 4.93. The predicted molar refractivity (Wildman–Crippen MR) is 54.1 cm³/mol. The van der Waals surface area contributed by atoms with Crippen LogP contribution in [0.15, 0.2) is 30.3 Å². The van der Waals surface area contributed by atoms with Gasteiger partial charge in [-0.3, -0.25) is 4.79 Å². The van der Waals surface area contributed by atoms with Crippen LogP contribution in [0.5, 0.6) is 0 Å². The standard InChI is InChI=1S/C11H12FN2O/c12-9(8-4-2-1-3-5-8)10-11(15)14-7-6-13-10/h1-5,9-10,13H,6-7H2. The minimum absolute atomic E-state index is 0.391. The van der Waals surface area contributed by atoms with Crippen molar-refractivity contribution in [3.8, 4) is 0 Å². The maximum Gasteiger partial charge on any atom is 0.261 e. The molecule has 0 aromatic heterocycles. The number of carbonyl (C=O) groups is 1. The van der Waals surface area contributed by atoms with Gasteiger partial charge in [0, 0.05) is 6.54 Å². The highest BCUT2D eigenvalue weighted by molar-refractivity contribution is 5.83. The van der Waals surface area contributed by atoms with Crippen molar-refractivity contribution in [1.82, 2.24) is 10.6 Å². The van der Waals surface area contributed by atoms with E-state index in [-0.39, 0.29) is 0 Å². The fourth-order valence-corrected chi connectivity index (χ4v) is 1.63. The van der Waals surface area contributed by atoms with E-state index in [0.717, 1.165) is 0 Å². The summed E-state index contributed by atoms with van der Waals surface area (Å²) in [5.41, 5.74) is 0.514. The van der Waals surface area contributed by atoms with Crippen molar-refractivity contribution in [1.29, 1.82) is 0 Å². The van der Waals surface area contributed by atoms with E-state index in [4.69, 9.17) is 0 Å². The quantitative estimate of drug-likeness (QED) is 0.779. The summed E-state index contributed by atoms with van der Waals surface area (Å²) in [6.45, 7) is 1.00. The van der Waals surface area contributed by atoms with Gasteiger partial charge in [0.05, 0.1) is 6.54 Å². The molecule has 2 atom stereocenters. The summed E-state index contributed by atoms with van der Waals surface area (Å²) in [5, 5.41) is 6.57. The van der Waals surface area contributed by atoms with Crippen LogP contribution in [0.2, 0.25) is 0 Å². The molecule has 1 N–H and O–H groups in total. The van der Waals surface area contributed by atoms with E-state index in [1.165, 1.54) is 0 Å². The zero-order chi connectivity index (χ0) is 10.7. The summed E-state index contributed by atoms with van der Waals surface area (Å²) >= 11 is 0. The van der Waals surface area contributed by atoms with Gasteiger partial charge in [-0.05, 0) is 5.56 Å². The minimum atomic E-state index is -1.32. The molecule has 0 bridgehead atoms. The molecule has 1 aromatic rings. The Morgan fingerprint density at radius 3 is 2.80 bits per heavy atom. The first-order valence-electron chi connectivity index (χ1n) is 4.93. The Bertz CT molecular complexity index is 342. The van der Waals surface area contributed by atoms with Gasteiger partial charge in [-0.2, -0.15) is 0 Å². The monoisotopic (exact) mass is 207 g/mol. The second-order valence-electron chi connectivity index (χ2n) is 3.46. The van der Waals surface area contributed by atoms with Crippen LogP contribution in [-0.2, 0) is 4.79 Å². The summed E-state index contributed by atoms with van der Waals surface area (Å²) in [6.07, 6.45) is -1.32. The van der Waals surface area contributed by atoms with E-state index >= 15 is 0 Å². The molecule has 1 aliphatic rings. The molecule has 4 heteroatoms. The fraction of sp³-hybridized carbons (Fsp3) is 0.364. The van der Waals surface area contributed by atoms with Gasteiger partial charge in [0.1, 0.15) is 12.2 Å². The van der Waals surface area contributed by atoms with Crippen molar-refractivity contribution in [3.05, 3.63) is 35.9 Å². The van der Waals surface area contributed by atoms with Crippen LogP contribution < -0.4 is 10.6 Å². The van der Waals surface area contributed by atoms with E-state index in [2.05, 4.69) is 10.6 Å². The molecular formula is C11H12FN2O. The van der Waals surface area contributed by atoms with Crippen LogP contribution in [-0.4, -0.2) is 25.0 Å². The van der Waals surface area contributed by atoms with Gasteiger partial charge in [-0.1, -0.05) is 30.3 Å². The highest BCUT2D eigenvalue weighted by atomic mass is 19.1. The first kappa shape index (κ1) is 10.1. The van der Waals surface area contributed by atoms with Gasteiger partial charge in [0.15, 0.2) is 0 Å². The van der Waals surface area contributed by atoms with Crippen LogP contribution in [0.3, 0.4) is 0 Å². The lowest BCUT2D eigenvalue weighted by Crippen LogP contribution is -2.51. The summed E-state index contributed by atoms with van der Waals surface area (Å²) in [7, 11) is 0. The van der Waals surface area contributed by atoms with Crippen molar-refractivity contribution in [2.45, 2.75) is 12.2 Å². The molecule has 1 aromatic carbocycles. The molecular weight excluding hydrogens is 195 g/mol. The number of piperazine rings is 1. The second kappa shape index (κ2) is 4.40. The van der Waals surface area contributed by atoms with Crippen molar-refractivity contribution in [2.75, 3.05) is 13.1 Å². The molecule has 1 saturated heterocycles. The average molecular weight is 207 g/mol. The largest absolute Gasteiger partial charge is 0.301 e. The number of carbonyl (C=O) groups excluding carboxylic acids is 1. The van der Waals surface area contributed by atoms with Gasteiger partial charge >= 0.3 is 0 Å². The van der Waals surface area contributed by atoms with Crippen molar-refractivity contribution < 1.29 is 9.18 Å². The molecule has 2 unspecified atom stereocenters. The van der Waals surface area contributed by atoms with Gasteiger partial charge < -0.3 is 5.32 Å². The zero-order valence-corrected chi connectivity index (χ0v) is 8.19. The van der Waals surface area contributed by atoms with Crippen LogP contribution >= 0.6 is 0 Å². The molecule has 79 valence electrons. The van der Waals surface area contributed by atoms with E-state index in [1.807, 2.05) is 6.07 Å². The Morgan fingerprint density at radius 2 is 2.13 bits per heavy atom. The Hall–Kier alpha value is -1.42. The maximum atomic E-state index is 13.9. The van der Waals surface area contributed by atoms with Crippen LogP contribution in [0.4, 0.5) is 4.39 Å². The second-order valence-corrected chi connectivity index (χ2v) is 3.46. The van der Waals surface area contributed by atoms with Crippen molar-refractivity contribution in [3.63, 3.8) is 0 Å². The number of hydrogen-bond donors (Lipinski definition) is 1. The van der Waals surface area contributed by atoms with Gasteiger partial charge in [-0.15, -0.1) is 0 Å². The number of rotatable bonds is 2. The van der Waals surface area contributed by atoms with E-state index in [1.54, 1.807) is 24.3 Å². The van der Waals surface area contributed by atoms with E-state index < -0.39 is 18.1 Å². The number of halogens is 1. The number of hydrogen-bond acceptors (Lipinski definition) is 2. The number of nitrogens with one attached hydrogen (secondary N) is 1. The fourth-order valence-electron chi connectivity index (χ4n) is 1.63. The van der Waals surface area contributed by atoms with Gasteiger partial charge in [0.25, 0.3) is 5.91 Å². The highest BCUT2D eigenvalue weighted by Crippen LogP contribution is 2.22. The van der Waals surface area contributed by atoms with Gasteiger partial charge in [0.2, 0.25) is 0 Å². The molecule has 2 rings (SSSR count). The van der Waals surface area contributed by atoms with Gasteiger partial charge in [-0.25, -0.2) is 9.71 Å². The number of amides is 1. The lowest BCUT2D eigenvalue weighted by Gasteiger charge is -2.24. The summed E-state index contributed by atoms with van der Waals surface area (Å²) in [6, 6.07) is 7.86. The smallest absolute Gasteiger partial charge is 0.261 e. The van der Waals surface area contributed by atoms with Crippen LogP contribution in [0.25, 0.3) is 0 Å². The predicted octanol–water partition coefficient (Wildman–Crippen LogP) is 0.800. The summed E-state index contributed by atoms with van der Waals surface area (Å²) in [4.78, 5) is 11.3. The van der Waals surface area contributed by atoms with Crippen molar-refractivity contribution >= 4 is 5.91 Å². The Morgan fingerprint density at radius 1 is 1.40 bits per heavy atom. The Kier molecular flexibility index (Phi) is 2.97. The lowest BCUT2D eigenvalue weighted by molar-refractivity contribution is -0.126. The Labute approximate surface area is 87.7 Å².